The molecule has 2 aromatic rings. The summed E-state index contributed by atoms with van der Waals surface area (Å²) < 4.78 is 28.4. The van der Waals surface area contributed by atoms with Crippen LogP contribution in [-0.4, -0.2) is 8.42 Å². The number of sulfonamides is 1. The van der Waals surface area contributed by atoms with Crippen LogP contribution in [-0.2, 0) is 16.6 Å². The fourth-order valence-corrected chi connectivity index (χ4v) is 3.30. The van der Waals surface area contributed by atoms with Gasteiger partial charge in [-0.05, 0) is 45.8 Å². The smallest absolute Gasteiger partial charge is 0.240 e. The van der Waals surface area contributed by atoms with E-state index in [4.69, 9.17) is 5.73 Å². The van der Waals surface area contributed by atoms with Crippen LogP contribution in [0.3, 0.4) is 0 Å². The van der Waals surface area contributed by atoms with Gasteiger partial charge in [0.05, 0.1) is 4.90 Å². The van der Waals surface area contributed by atoms with E-state index in [1.807, 2.05) is 24.3 Å². The fraction of sp³-hybridized carbons (Fsp3) is 0.0769. The Morgan fingerprint density at radius 2 is 1.75 bits per heavy atom. The van der Waals surface area contributed by atoms with Crippen LogP contribution in [0, 0.1) is 0 Å². The van der Waals surface area contributed by atoms with E-state index < -0.39 is 10.0 Å². The maximum absolute atomic E-state index is 12.2. The van der Waals surface area contributed by atoms with Gasteiger partial charge in [0.1, 0.15) is 0 Å². The molecule has 0 fully saturated rings. The summed E-state index contributed by atoms with van der Waals surface area (Å²) in [5, 5.41) is 0. The van der Waals surface area contributed by atoms with Gasteiger partial charge >= 0.3 is 0 Å². The molecule has 0 aliphatic rings. The number of halogens is 2. The Kier molecular flexibility index (Phi) is 4.85. The molecule has 0 saturated carbocycles. The molecule has 4 nitrogen and oxygen atoms in total. The van der Waals surface area contributed by atoms with Crippen LogP contribution >= 0.6 is 31.9 Å². The van der Waals surface area contributed by atoms with E-state index in [1.54, 1.807) is 6.07 Å². The Morgan fingerprint density at radius 1 is 1.05 bits per heavy atom. The molecule has 0 aliphatic heterocycles. The lowest BCUT2D eigenvalue weighted by Crippen LogP contribution is -2.23. The minimum Gasteiger partial charge on any atom is -0.398 e. The molecular weight excluding hydrogens is 408 g/mol. The number of rotatable bonds is 4. The molecule has 0 spiro atoms. The first-order valence-corrected chi connectivity index (χ1v) is 8.75. The van der Waals surface area contributed by atoms with Gasteiger partial charge in [0.2, 0.25) is 10.0 Å². The lowest BCUT2D eigenvalue weighted by atomic mass is 10.2. The molecule has 0 atom stereocenters. The number of nitrogens with two attached hydrogens (primary N) is 1. The minimum absolute atomic E-state index is 0.144. The van der Waals surface area contributed by atoms with Crippen LogP contribution in [0.1, 0.15) is 5.56 Å². The Balaban J connectivity index is 2.19. The average molecular weight is 420 g/mol. The van der Waals surface area contributed by atoms with Crippen LogP contribution < -0.4 is 10.5 Å². The first-order valence-electron chi connectivity index (χ1n) is 5.68. The van der Waals surface area contributed by atoms with Crippen molar-refractivity contribution in [3.63, 3.8) is 0 Å². The zero-order chi connectivity index (χ0) is 14.8. The topological polar surface area (TPSA) is 72.2 Å². The lowest BCUT2D eigenvalue weighted by molar-refractivity contribution is 0.581. The third kappa shape index (κ3) is 3.60. The molecule has 3 N–H and O–H groups in total. The second-order valence-corrected chi connectivity index (χ2v) is 7.57. The monoisotopic (exact) mass is 418 g/mol. The molecule has 2 rings (SSSR count). The molecule has 106 valence electrons. The number of anilines is 1. The van der Waals surface area contributed by atoms with Gasteiger partial charge in [0, 0.05) is 21.2 Å². The summed E-state index contributed by atoms with van der Waals surface area (Å²) in [5.41, 5.74) is 6.95. The summed E-state index contributed by atoms with van der Waals surface area (Å²) in [6.45, 7) is 0.208. The maximum atomic E-state index is 12.2. The number of hydrogen-bond donors (Lipinski definition) is 2. The Morgan fingerprint density at radius 3 is 2.40 bits per heavy atom. The first-order chi connectivity index (χ1) is 9.40. The number of benzene rings is 2. The van der Waals surface area contributed by atoms with Crippen LogP contribution in [0.25, 0.3) is 0 Å². The van der Waals surface area contributed by atoms with Crippen LogP contribution in [0.5, 0.6) is 0 Å². The second-order valence-electron chi connectivity index (χ2n) is 4.10. The Labute approximate surface area is 134 Å². The number of nitrogen functional groups attached to an aromatic ring is 1. The summed E-state index contributed by atoms with van der Waals surface area (Å²) in [5.74, 6) is 0. The van der Waals surface area contributed by atoms with Crippen molar-refractivity contribution in [2.75, 3.05) is 5.73 Å². The van der Waals surface area contributed by atoms with Crippen molar-refractivity contribution < 1.29 is 8.42 Å². The van der Waals surface area contributed by atoms with Gasteiger partial charge in [-0.25, -0.2) is 13.1 Å². The predicted molar refractivity (Wildman–Crippen MR) is 86.7 cm³/mol. The van der Waals surface area contributed by atoms with Crippen molar-refractivity contribution in [2.45, 2.75) is 11.4 Å². The zero-order valence-electron chi connectivity index (χ0n) is 10.3. The van der Waals surface area contributed by atoms with Crippen LogP contribution in [0.15, 0.2) is 56.3 Å². The van der Waals surface area contributed by atoms with Crippen molar-refractivity contribution in [3.05, 3.63) is 57.0 Å². The van der Waals surface area contributed by atoms with E-state index >= 15 is 0 Å². The highest BCUT2D eigenvalue weighted by Gasteiger charge is 2.15. The summed E-state index contributed by atoms with van der Waals surface area (Å²) in [6, 6.07) is 12.0. The van der Waals surface area contributed by atoms with Crippen molar-refractivity contribution in [1.29, 1.82) is 0 Å². The fourth-order valence-electron chi connectivity index (χ4n) is 1.59. The molecule has 2 aromatic carbocycles. The average Bonchev–Trinajstić information content (AvgIpc) is 2.41. The highest BCUT2D eigenvalue weighted by Crippen LogP contribution is 2.23. The molecular formula is C13H12Br2N2O2S. The first kappa shape index (κ1) is 15.5. The van der Waals surface area contributed by atoms with Crippen molar-refractivity contribution in [1.82, 2.24) is 4.72 Å². The van der Waals surface area contributed by atoms with Gasteiger partial charge in [0.25, 0.3) is 0 Å². The van der Waals surface area contributed by atoms with Crippen LogP contribution in [0.4, 0.5) is 5.69 Å². The van der Waals surface area contributed by atoms with Gasteiger partial charge < -0.3 is 5.73 Å². The summed E-state index contributed by atoms with van der Waals surface area (Å²) in [6.07, 6.45) is 0. The van der Waals surface area contributed by atoms with Gasteiger partial charge in [-0.1, -0.05) is 34.1 Å². The van der Waals surface area contributed by atoms with Crippen molar-refractivity contribution >= 4 is 47.6 Å². The number of nitrogens with one attached hydrogen (secondary N) is 1. The van der Waals surface area contributed by atoms with E-state index in [9.17, 15) is 8.42 Å². The van der Waals surface area contributed by atoms with Gasteiger partial charge in [0.15, 0.2) is 0 Å². The van der Waals surface area contributed by atoms with E-state index in [-0.39, 0.29) is 11.4 Å². The third-order valence-electron chi connectivity index (χ3n) is 2.69. The van der Waals surface area contributed by atoms with E-state index in [2.05, 4.69) is 36.6 Å². The minimum atomic E-state index is -3.59. The van der Waals surface area contributed by atoms with E-state index in [1.165, 1.54) is 12.1 Å². The summed E-state index contributed by atoms with van der Waals surface area (Å²) in [7, 11) is -3.59. The largest absolute Gasteiger partial charge is 0.398 e. The molecule has 0 bridgehead atoms. The Bertz CT molecular complexity index is 733. The van der Waals surface area contributed by atoms with E-state index in [0.29, 0.717) is 10.2 Å². The van der Waals surface area contributed by atoms with Crippen molar-refractivity contribution in [3.8, 4) is 0 Å². The molecule has 7 heteroatoms. The standard InChI is InChI=1S/C13H12Br2N2O2S/c14-11-4-2-1-3-9(11)8-17-20(18,19)10-5-6-12(15)13(16)7-10/h1-7,17H,8,16H2. The molecule has 0 heterocycles. The Hall–Kier alpha value is -0.890. The SMILES string of the molecule is Nc1cc(S(=O)(=O)NCc2ccccc2Br)ccc1Br. The van der Waals surface area contributed by atoms with Crippen molar-refractivity contribution in [2.24, 2.45) is 0 Å². The maximum Gasteiger partial charge on any atom is 0.240 e. The summed E-state index contributed by atoms with van der Waals surface area (Å²) in [4.78, 5) is 0.144. The molecule has 0 saturated heterocycles. The second kappa shape index (κ2) is 6.26. The quantitative estimate of drug-likeness (QED) is 0.747. The zero-order valence-corrected chi connectivity index (χ0v) is 14.3. The van der Waals surface area contributed by atoms with Gasteiger partial charge in [-0.3, -0.25) is 0 Å². The molecule has 20 heavy (non-hydrogen) atoms. The highest BCUT2D eigenvalue weighted by atomic mass is 79.9. The van der Waals surface area contributed by atoms with E-state index in [0.717, 1.165) is 10.0 Å². The van der Waals surface area contributed by atoms with Crippen LogP contribution in [0.2, 0.25) is 0 Å². The van der Waals surface area contributed by atoms with Gasteiger partial charge in [-0.15, -0.1) is 0 Å². The molecule has 0 aromatic heterocycles. The molecule has 0 amide bonds. The third-order valence-corrected chi connectivity index (χ3v) is 5.58. The van der Waals surface area contributed by atoms with Gasteiger partial charge in [-0.2, -0.15) is 0 Å². The predicted octanol–water partition coefficient (Wildman–Crippen LogP) is 3.27. The summed E-state index contributed by atoms with van der Waals surface area (Å²) >= 11 is 6.62. The highest BCUT2D eigenvalue weighted by molar-refractivity contribution is 9.10. The molecule has 0 unspecified atom stereocenters. The normalized spacial score (nSPS) is 11.5. The molecule has 0 aliphatic carbocycles. The number of hydrogen-bond acceptors (Lipinski definition) is 3. The molecule has 0 radical (unpaired) electrons. The lowest BCUT2D eigenvalue weighted by Gasteiger charge is -2.09.